The molecule has 0 aliphatic carbocycles. The van der Waals surface area contributed by atoms with Gasteiger partial charge in [0, 0.05) is 22.5 Å². The van der Waals surface area contributed by atoms with Crippen LogP contribution >= 0.6 is 11.3 Å². The van der Waals surface area contributed by atoms with Crippen molar-refractivity contribution in [2.24, 2.45) is 5.92 Å². The summed E-state index contributed by atoms with van der Waals surface area (Å²) in [5, 5.41) is 6.60. The number of carbonyl (C=O) groups excluding carboxylic acids is 4. The molecule has 1 aliphatic rings. The minimum atomic E-state index is -0.765. The lowest BCUT2D eigenvalue weighted by atomic mass is 9.99. The summed E-state index contributed by atoms with van der Waals surface area (Å²) >= 11 is 1.45. The molecule has 170 valence electrons. The monoisotopic (exact) mass is 457 g/mol. The summed E-state index contributed by atoms with van der Waals surface area (Å²) < 4.78 is 5.19. The molecule has 1 aromatic carbocycles. The molecular weight excluding hydrogens is 430 g/mol. The summed E-state index contributed by atoms with van der Waals surface area (Å²) in [7, 11) is 0. The standard InChI is InChI=1S/C23H27N3O5S/c1-14-7-9-15(10-8-14)26-19(28)12-16(20(26)17-6-5-11-32-17)21(29)31-13-18(27)24-22(30)25-23(2,3)4/h5-11,16,20H,12-13H2,1-4H3,(H2,24,25,27,30). The van der Waals surface area contributed by atoms with E-state index >= 15 is 0 Å². The molecule has 2 atom stereocenters. The third-order valence-electron chi connectivity index (χ3n) is 4.86. The number of hydrogen-bond acceptors (Lipinski definition) is 6. The predicted octanol–water partition coefficient (Wildman–Crippen LogP) is 3.32. The van der Waals surface area contributed by atoms with Gasteiger partial charge in [0.25, 0.3) is 5.91 Å². The average Bonchev–Trinajstić information content (AvgIpc) is 3.33. The van der Waals surface area contributed by atoms with Crippen molar-refractivity contribution >= 4 is 40.8 Å². The van der Waals surface area contributed by atoms with Crippen LogP contribution in [0.4, 0.5) is 10.5 Å². The maximum absolute atomic E-state index is 12.9. The van der Waals surface area contributed by atoms with Crippen LogP contribution in [0, 0.1) is 12.8 Å². The fraction of sp³-hybridized carbons (Fsp3) is 0.391. The molecule has 1 aliphatic heterocycles. The molecule has 2 N–H and O–H groups in total. The zero-order valence-corrected chi connectivity index (χ0v) is 19.3. The minimum Gasteiger partial charge on any atom is -0.455 e. The summed E-state index contributed by atoms with van der Waals surface area (Å²) in [5.41, 5.74) is 1.25. The van der Waals surface area contributed by atoms with Gasteiger partial charge in [-0.1, -0.05) is 23.8 Å². The number of amides is 4. The van der Waals surface area contributed by atoms with E-state index in [9.17, 15) is 19.2 Å². The smallest absolute Gasteiger partial charge is 0.321 e. The van der Waals surface area contributed by atoms with Gasteiger partial charge in [-0.3, -0.25) is 19.7 Å². The first-order valence-electron chi connectivity index (χ1n) is 10.3. The molecule has 0 saturated carbocycles. The lowest BCUT2D eigenvalue weighted by Gasteiger charge is -2.27. The quantitative estimate of drug-likeness (QED) is 0.670. The first kappa shape index (κ1) is 23.5. The fourth-order valence-corrected chi connectivity index (χ4v) is 4.40. The van der Waals surface area contributed by atoms with Crippen LogP contribution < -0.4 is 15.5 Å². The van der Waals surface area contributed by atoms with Crippen molar-refractivity contribution in [2.75, 3.05) is 11.5 Å². The summed E-state index contributed by atoms with van der Waals surface area (Å²) in [6.45, 7) is 6.68. The number of hydrogen-bond donors (Lipinski definition) is 2. The van der Waals surface area contributed by atoms with Gasteiger partial charge < -0.3 is 15.0 Å². The SMILES string of the molecule is Cc1ccc(N2C(=O)CC(C(=O)OCC(=O)NC(=O)NC(C)(C)C)C2c2cccs2)cc1. The van der Waals surface area contributed by atoms with Gasteiger partial charge >= 0.3 is 12.0 Å². The van der Waals surface area contributed by atoms with Crippen LogP contribution in [-0.2, 0) is 19.1 Å². The summed E-state index contributed by atoms with van der Waals surface area (Å²) in [6, 6.07) is 10.1. The molecule has 9 heteroatoms. The molecule has 0 radical (unpaired) electrons. The van der Waals surface area contributed by atoms with E-state index in [-0.39, 0.29) is 12.3 Å². The normalized spacial score (nSPS) is 18.4. The van der Waals surface area contributed by atoms with Crippen LogP contribution in [0.5, 0.6) is 0 Å². The Hall–Kier alpha value is -3.20. The molecule has 4 amide bonds. The van der Waals surface area contributed by atoms with Crippen molar-refractivity contribution in [3.05, 3.63) is 52.2 Å². The van der Waals surface area contributed by atoms with Crippen molar-refractivity contribution in [3.63, 3.8) is 0 Å². The first-order valence-corrected chi connectivity index (χ1v) is 11.1. The van der Waals surface area contributed by atoms with E-state index in [4.69, 9.17) is 4.74 Å². The molecule has 2 heterocycles. The molecule has 1 saturated heterocycles. The number of aryl methyl sites for hydroxylation is 1. The Balaban J connectivity index is 1.71. The number of urea groups is 1. The second-order valence-corrected chi connectivity index (χ2v) is 9.71. The minimum absolute atomic E-state index is 0.0264. The highest BCUT2D eigenvalue weighted by molar-refractivity contribution is 7.10. The van der Waals surface area contributed by atoms with Crippen molar-refractivity contribution < 1.29 is 23.9 Å². The number of anilines is 1. The Morgan fingerprint density at radius 2 is 1.84 bits per heavy atom. The van der Waals surface area contributed by atoms with E-state index in [1.54, 1.807) is 25.7 Å². The fourth-order valence-electron chi connectivity index (χ4n) is 3.52. The Morgan fingerprint density at radius 3 is 2.44 bits per heavy atom. The van der Waals surface area contributed by atoms with Crippen LogP contribution in [-0.4, -0.2) is 36.0 Å². The second kappa shape index (κ2) is 9.52. The number of benzene rings is 1. The Morgan fingerprint density at radius 1 is 1.16 bits per heavy atom. The lowest BCUT2D eigenvalue weighted by molar-refractivity contribution is -0.152. The number of rotatable bonds is 5. The highest BCUT2D eigenvalue weighted by Crippen LogP contribution is 2.43. The van der Waals surface area contributed by atoms with Crippen LogP contribution in [0.2, 0.25) is 0 Å². The number of nitrogens with one attached hydrogen (secondary N) is 2. The molecule has 2 unspecified atom stereocenters. The number of ether oxygens (including phenoxy) is 1. The van der Waals surface area contributed by atoms with Crippen molar-refractivity contribution in [3.8, 4) is 0 Å². The van der Waals surface area contributed by atoms with E-state index < -0.39 is 42.0 Å². The molecule has 1 fully saturated rings. The molecule has 0 bridgehead atoms. The van der Waals surface area contributed by atoms with Gasteiger partial charge in [0.2, 0.25) is 5.91 Å². The largest absolute Gasteiger partial charge is 0.455 e. The second-order valence-electron chi connectivity index (χ2n) is 8.73. The van der Waals surface area contributed by atoms with E-state index in [1.807, 2.05) is 48.7 Å². The van der Waals surface area contributed by atoms with E-state index in [0.29, 0.717) is 5.69 Å². The van der Waals surface area contributed by atoms with Crippen LogP contribution in [0.1, 0.15) is 43.7 Å². The third-order valence-corrected chi connectivity index (χ3v) is 5.80. The van der Waals surface area contributed by atoms with E-state index in [0.717, 1.165) is 10.4 Å². The van der Waals surface area contributed by atoms with Gasteiger partial charge in [-0.05, 0) is 51.3 Å². The average molecular weight is 458 g/mol. The zero-order chi connectivity index (χ0) is 23.5. The van der Waals surface area contributed by atoms with Crippen molar-refractivity contribution in [1.82, 2.24) is 10.6 Å². The van der Waals surface area contributed by atoms with Crippen LogP contribution in [0.25, 0.3) is 0 Å². The predicted molar refractivity (Wildman–Crippen MR) is 121 cm³/mol. The summed E-state index contributed by atoms with van der Waals surface area (Å²) in [6.07, 6.45) is -0.0264. The molecule has 3 rings (SSSR count). The van der Waals surface area contributed by atoms with Gasteiger partial charge in [0.15, 0.2) is 6.61 Å². The van der Waals surface area contributed by atoms with Gasteiger partial charge in [0.1, 0.15) is 0 Å². The maximum atomic E-state index is 12.9. The summed E-state index contributed by atoms with van der Waals surface area (Å²) in [5.74, 6) is -2.35. The molecule has 8 nitrogen and oxygen atoms in total. The number of nitrogens with zero attached hydrogens (tertiary/aromatic N) is 1. The highest BCUT2D eigenvalue weighted by atomic mass is 32.1. The zero-order valence-electron chi connectivity index (χ0n) is 18.5. The van der Waals surface area contributed by atoms with E-state index in [1.165, 1.54) is 11.3 Å². The van der Waals surface area contributed by atoms with Gasteiger partial charge in [0.05, 0.1) is 12.0 Å². The topological polar surface area (TPSA) is 105 Å². The first-order chi connectivity index (χ1) is 15.0. The van der Waals surface area contributed by atoms with Crippen LogP contribution in [0.3, 0.4) is 0 Å². The van der Waals surface area contributed by atoms with E-state index in [2.05, 4.69) is 10.6 Å². The maximum Gasteiger partial charge on any atom is 0.321 e. The van der Waals surface area contributed by atoms with Crippen molar-refractivity contribution in [2.45, 2.75) is 45.7 Å². The molecule has 1 aromatic heterocycles. The molecule has 32 heavy (non-hydrogen) atoms. The number of esters is 1. The Labute approximate surface area is 190 Å². The molecule has 0 spiro atoms. The van der Waals surface area contributed by atoms with Crippen LogP contribution in [0.15, 0.2) is 41.8 Å². The lowest BCUT2D eigenvalue weighted by Crippen LogP contribution is -2.49. The van der Waals surface area contributed by atoms with Crippen molar-refractivity contribution in [1.29, 1.82) is 0 Å². The summed E-state index contributed by atoms with van der Waals surface area (Å²) in [4.78, 5) is 52.1. The number of carbonyl (C=O) groups is 4. The highest BCUT2D eigenvalue weighted by Gasteiger charge is 2.46. The number of thiophene rings is 1. The Bertz CT molecular complexity index is 996. The molecular formula is C23H27N3O5S. The van der Waals surface area contributed by atoms with Gasteiger partial charge in [-0.25, -0.2) is 4.79 Å². The molecule has 2 aromatic rings. The Kier molecular flexibility index (Phi) is 6.98. The van der Waals surface area contributed by atoms with Gasteiger partial charge in [-0.2, -0.15) is 0 Å². The third kappa shape index (κ3) is 5.73. The number of imide groups is 1. The van der Waals surface area contributed by atoms with Gasteiger partial charge in [-0.15, -0.1) is 11.3 Å².